The van der Waals surface area contributed by atoms with Crippen molar-refractivity contribution in [3.63, 3.8) is 0 Å². The number of carbonyl (C=O) groups is 2. The van der Waals surface area contributed by atoms with Crippen molar-refractivity contribution >= 4 is 23.2 Å². The molecule has 1 saturated heterocycles. The first kappa shape index (κ1) is 19.6. The number of hydrogen-bond donors (Lipinski definition) is 1. The van der Waals surface area contributed by atoms with Crippen LogP contribution in [-0.2, 0) is 16.1 Å². The van der Waals surface area contributed by atoms with E-state index in [1.165, 1.54) is 12.0 Å². The molecule has 0 saturated carbocycles. The van der Waals surface area contributed by atoms with E-state index in [9.17, 15) is 9.59 Å². The van der Waals surface area contributed by atoms with E-state index in [-0.39, 0.29) is 17.9 Å². The van der Waals surface area contributed by atoms with Crippen molar-refractivity contribution in [2.24, 2.45) is 0 Å². The Labute approximate surface area is 164 Å². The molecule has 2 heterocycles. The van der Waals surface area contributed by atoms with Crippen molar-refractivity contribution in [3.05, 3.63) is 57.8 Å². The van der Waals surface area contributed by atoms with E-state index in [4.69, 9.17) is 4.74 Å². The standard InChI is InChI=1S/C21H26N2O3S/c1-15(19-4-3-13-27-19)23-18(9-10-20(23)24)11-12-22-14-16-5-7-17(8-6-16)21(25)26-2/h3-8,13,15,18,22H,9-12,14H2,1-2H3/t15-,18+/m0/s1. The van der Waals surface area contributed by atoms with Gasteiger partial charge in [-0.3, -0.25) is 4.79 Å². The fourth-order valence-electron chi connectivity index (χ4n) is 3.62. The number of carbonyl (C=O) groups excluding carboxylic acids is 2. The number of rotatable bonds is 8. The van der Waals surface area contributed by atoms with Crippen LogP contribution in [-0.4, -0.2) is 36.5 Å². The van der Waals surface area contributed by atoms with Crippen molar-refractivity contribution < 1.29 is 14.3 Å². The van der Waals surface area contributed by atoms with Gasteiger partial charge in [-0.15, -0.1) is 11.3 Å². The number of ether oxygens (including phenoxy) is 1. The predicted molar refractivity (Wildman–Crippen MR) is 107 cm³/mol. The first-order valence-electron chi connectivity index (χ1n) is 9.32. The Balaban J connectivity index is 1.48. The van der Waals surface area contributed by atoms with Gasteiger partial charge < -0.3 is 15.0 Å². The van der Waals surface area contributed by atoms with Crippen molar-refractivity contribution in [2.45, 2.75) is 44.8 Å². The predicted octanol–water partition coefficient (Wildman–Crippen LogP) is 3.77. The molecule has 1 aliphatic rings. The summed E-state index contributed by atoms with van der Waals surface area (Å²) in [5, 5.41) is 5.51. The van der Waals surface area contributed by atoms with Crippen LogP contribution in [0.25, 0.3) is 0 Å². The van der Waals surface area contributed by atoms with Gasteiger partial charge in [0.05, 0.1) is 18.7 Å². The average Bonchev–Trinajstić information content (AvgIpc) is 3.35. The molecule has 6 heteroatoms. The SMILES string of the molecule is COC(=O)c1ccc(CNCC[C@H]2CCC(=O)N2[C@@H](C)c2cccs2)cc1. The number of methoxy groups -OCH3 is 1. The van der Waals surface area contributed by atoms with Gasteiger partial charge in [-0.2, -0.15) is 0 Å². The van der Waals surface area contributed by atoms with Gasteiger partial charge in [-0.25, -0.2) is 4.79 Å². The molecule has 0 unspecified atom stereocenters. The minimum Gasteiger partial charge on any atom is -0.465 e. The molecule has 1 fully saturated rings. The highest BCUT2D eigenvalue weighted by atomic mass is 32.1. The van der Waals surface area contributed by atoms with Crippen molar-refractivity contribution in [1.82, 2.24) is 10.2 Å². The molecule has 0 aliphatic carbocycles. The minimum atomic E-state index is -0.319. The zero-order chi connectivity index (χ0) is 19.2. The highest BCUT2D eigenvalue weighted by molar-refractivity contribution is 7.10. The molecule has 144 valence electrons. The number of amides is 1. The number of nitrogens with one attached hydrogen (secondary N) is 1. The number of esters is 1. The third-order valence-corrected chi connectivity index (χ3v) is 6.15. The van der Waals surface area contributed by atoms with Gasteiger partial charge in [-0.05, 0) is 55.5 Å². The topological polar surface area (TPSA) is 58.6 Å². The van der Waals surface area contributed by atoms with Crippen molar-refractivity contribution in [1.29, 1.82) is 0 Å². The molecule has 0 bridgehead atoms. The summed E-state index contributed by atoms with van der Waals surface area (Å²) in [6.45, 7) is 3.71. The van der Waals surface area contributed by atoms with Gasteiger partial charge in [-0.1, -0.05) is 18.2 Å². The summed E-state index contributed by atoms with van der Waals surface area (Å²) in [5.41, 5.74) is 1.68. The summed E-state index contributed by atoms with van der Waals surface area (Å²) in [6, 6.07) is 12.0. The largest absolute Gasteiger partial charge is 0.465 e. The van der Waals surface area contributed by atoms with Crippen LogP contribution < -0.4 is 5.32 Å². The van der Waals surface area contributed by atoms with E-state index in [2.05, 4.69) is 28.6 Å². The summed E-state index contributed by atoms with van der Waals surface area (Å²) in [6.07, 6.45) is 2.53. The highest BCUT2D eigenvalue weighted by Crippen LogP contribution is 2.33. The molecule has 0 radical (unpaired) electrons. The molecule has 1 aliphatic heterocycles. The second-order valence-corrected chi connectivity index (χ2v) is 7.82. The van der Waals surface area contributed by atoms with Gasteiger partial charge in [0.1, 0.15) is 0 Å². The number of benzene rings is 1. The molecule has 2 aromatic rings. The quantitative estimate of drug-likeness (QED) is 0.554. The number of hydrogen-bond acceptors (Lipinski definition) is 5. The molecule has 3 rings (SSSR count). The summed E-state index contributed by atoms with van der Waals surface area (Å²) >= 11 is 1.71. The van der Waals surface area contributed by atoms with Crippen molar-refractivity contribution in [2.75, 3.05) is 13.7 Å². The second-order valence-electron chi connectivity index (χ2n) is 6.84. The van der Waals surface area contributed by atoms with E-state index in [1.807, 2.05) is 18.2 Å². The summed E-state index contributed by atoms with van der Waals surface area (Å²) in [7, 11) is 1.38. The van der Waals surface area contributed by atoms with E-state index >= 15 is 0 Å². The zero-order valence-corrected chi connectivity index (χ0v) is 16.6. The zero-order valence-electron chi connectivity index (χ0n) is 15.8. The highest BCUT2D eigenvalue weighted by Gasteiger charge is 2.34. The van der Waals surface area contributed by atoms with E-state index < -0.39 is 0 Å². The second kappa shape index (κ2) is 9.15. The van der Waals surface area contributed by atoms with Crippen LogP contribution in [0.15, 0.2) is 41.8 Å². The van der Waals surface area contributed by atoms with Gasteiger partial charge in [0.15, 0.2) is 0 Å². The van der Waals surface area contributed by atoms with Crippen LogP contribution in [0, 0.1) is 0 Å². The van der Waals surface area contributed by atoms with Gasteiger partial charge in [0.2, 0.25) is 5.91 Å². The minimum absolute atomic E-state index is 0.149. The third kappa shape index (κ3) is 4.76. The summed E-state index contributed by atoms with van der Waals surface area (Å²) in [4.78, 5) is 27.1. The van der Waals surface area contributed by atoms with Gasteiger partial charge in [0.25, 0.3) is 0 Å². The Hall–Kier alpha value is -2.18. The monoisotopic (exact) mass is 386 g/mol. The molecule has 1 amide bonds. The maximum Gasteiger partial charge on any atom is 0.337 e. The molecule has 1 aromatic heterocycles. The first-order chi connectivity index (χ1) is 13.1. The van der Waals surface area contributed by atoms with Crippen LogP contribution in [0.3, 0.4) is 0 Å². The first-order valence-corrected chi connectivity index (χ1v) is 10.2. The van der Waals surface area contributed by atoms with Crippen LogP contribution in [0.1, 0.15) is 53.0 Å². The summed E-state index contributed by atoms with van der Waals surface area (Å²) < 4.78 is 4.71. The van der Waals surface area contributed by atoms with Crippen molar-refractivity contribution in [3.8, 4) is 0 Å². The van der Waals surface area contributed by atoms with Crippen LogP contribution >= 0.6 is 11.3 Å². The number of thiophene rings is 1. The van der Waals surface area contributed by atoms with Gasteiger partial charge >= 0.3 is 5.97 Å². The maximum atomic E-state index is 12.4. The Morgan fingerprint density at radius 1 is 1.33 bits per heavy atom. The summed E-state index contributed by atoms with van der Waals surface area (Å²) in [5.74, 6) is -0.0559. The van der Waals surface area contributed by atoms with E-state index in [0.29, 0.717) is 18.0 Å². The Bertz CT molecular complexity index is 758. The van der Waals surface area contributed by atoms with Gasteiger partial charge in [0, 0.05) is 23.9 Å². The average molecular weight is 387 g/mol. The smallest absolute Gasteiger partial charge is 0.337 e. The van der Waals surface area contributed by atoms with Crippen LogP contribution in [0.2, 0.25) is 0 Å². The fraction of sp³-hybridized carbons (Fsp3) is 0.429. The molecule has 1 aromatic carbocycles. The lowest BCUT2D eigenvalue weighted by Crippen LogP contribution is -2.36. The lowest BCUT2D eigenvalue weighted by molar-refractivity contribution is -0.131. The van der Waals surface area contributed by atoms with E-state index in [1.54, 1.807) is 23.5 Å². The Morgan fingerprint density at radius 3 is 2.78 bits per heavy atom. The third-order valence-electron chi connectivity index (χ3n) is 5.10. The number of likely N-dealkylation sites (tertiary alicyclic amines) is 1. The molecule has 27 heavy (non-hydrogen) atoms. The normalized spacial score (nSPS) is 17.9. The Morgan fingerprint density at radius 2 is 2.11 bits per heavy atom. The molecular weight excluding hydrogens is 360 g/mol. The molecule has 2 atom stereocenters. The lowest BCUT2D eigenvalue weighted by atomic mass is 10.1. The Kier molecular flexibility index (Phi) is 6.63. The molecule has 5 nitrogen and oxygen atoms in total. The molecule has 1 N–H and O–H groups in total. The lowest BCUT2D eigenvalue weighted by Gasteiger charge is -2.30. The molecule has 0 spiro atoms. The fourth-order valence-corrected chi connectivity index (χ4v) is 4.40. The van der Waals surface area contributed by atoms with Crippen LogP contribution in [0.5, 0.6) is 0 Å². The number of nitrogens with zero attached hydrogens (tertiary/aromatic N) is 1. The van der Waals surface area contributed by atoms with Crippen LogP contribution in [0.4, 0.5) is 0 Å². The van der Waals surface area contributed by atoms with E-state index in [0.717, 1.165) is 31.5 Å². The molecular formula is C21H26N2O3S. The maximum absolute atomic E-state index is 12.4.